The Morgan fingerprint density at radius 2 is 1.56 bits per heavy atom. The Morgan fingerprint density at radius 1 is 1.00 bits per heavy atom. The molecule has 0 bridgehead atoms. The smallest absolute Gasteiger partial charge is 0.407 e. The molecule has 0 spiro atoms. The fourth-order valence-electron chi connectivity index (χ4n) is 3.15. The van der Waals surface area contributed by atoms with Gasteiger partial charge in [0.25, 0.3) is 0 Å². The second-order valence-corrected chi connectivity index (χ2v) is 8.81. The highest BCUT2D eigenvalue weighted by Gasteiger charge is 2.30. The third-order valence-electron chi connectivity index (χ3n) is 4.78. The molecule has 0 aromatic carbocycles. The second-order valence-electron chi connectivity index (χ2n) is 8.81. The normalized spacial score (nSPS) is 12.8. The molecule has 0 aromatic heterocycles. The highest BCUT2D eigenvalue weighted by Crippen LogP contribution is 2.15. The molecule has 0 rings (SSSR count). The summed E-state index contributed by atoms with van der Waals surface area (Å²) in [5.41, 5.74) is 8.24. The predicted molar refractivity (Wildman–Crippen MR) is 123 cm³/mol. The van der Waals surface area contributed by atoms with Crippen molar-refractivity contribution in [3.8, 4) is 0 Å². The van der Waals surface area contributed by atoms with Crippen molar-refractivity contribution in [2.75, 3.05) is 13.7 Å². The van der Waals surface area contributed by atoms with Gasteiger partial charge in [-0.1, -0.05) is 69.8 Å². The Hall–Kier alpha value is -2.48. The van der Waals surface area contributed by atoms with Crippen molar-refractivity contribution in [1.29, 1.82) is 0 Å². The van der Waals surface area contributed by atoms with Crippen molar-refractivity contribution < 1.29 is 23.9 Å². The summed E-state index contributed by atoms with van der Waals surface area (Å²) in [5, 5.41) is 8.63. The Morgan fingerprint density at radius 3 is 2.06 bits per heavy atom. The van der Waals surface area contributed by atoms with Gasteiger partial charge < -0.3 is 20.1 Å². The minimum absolute atomic E-state index is 0.357. The van der Waals surface area contributed by atoms with E-state index >= 15 is 0 Å². The van der Waals surface area contributed by atoms with E-state index in [1.165, 1.54) is 39.2 Å². The molecule has 10 nitrogen and oxygen atoms in total. The lowest BCUT2D eigenvalue weighted by molar-refractivity contribution is -0.141. The number of unbranched alkanes of at least 4 members (excludes halogenated alkanes) is 8. The molecule has 184 valence electrons. The number of nitrogens with zero attached hydrogens (tertiary/aromatic N) is 3. The SMILES string of the molecule is CCCCCCCCCCC[C@H](NC(=O)OC(C)(C)C)[C@H](N=[N+]=[N-])C(=O)NCC(=O)OC. The third-order valence-corrected chi connectivity index (χ3v) is 4.78. The lowest BCUT2D eigenvalue weighted by Crippen LogP contribution is -2.51. The third kappa shape index (κ3) is 15.3. The molecule has 10 heteroatoms. The number of hydrogen-bond acceptors (Lipinski definition) is 6. The number of nitrogens with one attached hydrogen (secondary N) is 2. The summed E-state index contributed by atoms with van der Waals surface area (Å²) >= 11 is 0. The van der Waals surface area contributed by atoms with E-state index in [4.69, 9.17) is 10.3 Å². The summed E-state index contributed by atoms with van der Waals surface area (Å²) in [7, 11) is 1.20. The summed E-state index contributed by atoms with van der Waals surface area (Å²) in [6.45, 7) is 7.03. The number of amides is 2. The van der Waals surface area contributed by atoms with Gasteiger partial charge in [0, 0.05) is 11.0 Å². The van der Waals surface area contributed by atoms with Gasteiger partial charge in [-0.2, -0.15) is 0 Å². The zero-order valence-electron chi connectivity index (χ0n) is 20.3. The van der Waals surface area contributed by atoms with Gasteiger partial charge in [-0.3, -0.25) is 9.59 Å². The number of methoxy groups -OCH3 is 1. The lowest BCUT2D eigenvalue weighted by Gasteiger charge is -2.26. The summed E-state index contributed by atoms with van der Waals surface area (Å²) in [6, 6.07) is -1.98. The van der Waals surface area contributed by atoms with Gasteiger partial charge in [-0.25, -0.2) is 4.79 Å². The zero-order chi connectivity index (χ0) is 24.4. The zero-order valence-corrected chi connectivity index (χ0v) is 20.3. The molecule has 0 aromatic rings. The molecular formula is C22H41N5O5. The van der Waals surface area contributed by atoms with Crippen molar-refractivity contribution in [3.63, 3.8) is 0 Å². The molecule has 0 unspecified atom stereocenters. The minimum Gasteiger partial charge on any atom is -0.468 e. The van der Waals surface area contributed by atoms with Crippen molar-refractivity contribution in [2.24, 2.45) is 5.11 Å². The van der Waals surface area contributed by atoms with Crippen LogP contribution in [-0.4, -0.2) is 49.3 Å². The van der Waals surface area contributed by atoms with E-state index in [0.717, 1.165) is 25.7 Å². The van der Waals surface area contributed by atoms with E-state index in [0.29, 0.717) is 6.42 Å². The Bertz CT molecular complexity index is 614. The van der Waals surface area contributed by atoms with Crippen LogP contribution in [0.25, 0.3) is 10.4 Å². The van der Waals surface area contributed by atoms with Crippen LogP contribution in [0.2, 0.25) is 0 Å². The van der Waals surface area contributed by atoms with E-state index in [2.05, 4.69) is 32.3 Å². The minimum atomic E-state index is -1.22. The quantitative estimate of drug-likeness (QED) is 0.113. The maximum Gasteiger partial charge on any atom is 0.407 e. The molecule has 0 aliphatic rings. The van der Waals surface area contributed by atoms with E-state index < -0.39 is 35.7 Å². The van der Waals surface area contributed by atoms with Gasteiger partial charge in [0.05, 0.1) is 7.11 Å². The number of hydrogen-bond donors (Lipinski definition) is 2. The number of alkyl carbamates (subject to hydrolysis) is 1. The first-order chi connectivity index (χ1) is 15.1. The maximum atomic E-state index is 12.5. The number of rotatable bonds is 16. The molecule has 0 aliphatic heterocycles. The molecule has 0 saturated heterocycles. The van der Waals surface area contributed by atoms with E-state index in [9.17, 15) is 14.4 Å². The van der Waals surface area contributed by atoms with Crippen LogP contribution in [0.4, 0.5) is 4.79 Å². The molecule has 0 aliphatic carbocycles. The Kier molecular flexibility index (Phi) is 15.8. The fraction of sp³-hybridized carbons (Fsp3) is 0.864. The van der Waals surface area contributed by atoms with E-state index in [1.807, 2.05) is 0 Å². The van der Waals surface area contributed by atoms with Crippen molar-refractivity contribution >= 4 is 18.0 Å². The van der Waals surface area contributed by atoms with Gasteiger partial charge in [0.15, 0.2) is 0 Å². The first kappa shape index (κ1) is 29.5. The molecule has 2 atom stereocenters. The predicted octanol–water partition coefficient (Wildman–Crippen LogP) is 4.77. The largest absolute Gasteiger partial charge is 0.468 e. The van der Waals surface area contributed by atoms with Crippen LogP contribution in [0.5, 0.6) is 0 Å². The lowest BCUT2D eigenvalue weighted by atomic mass is 9.99. The Balaban J connectivity index is 4.93. The van der Waals surface area contributed by atoms with Crippen LogP contribution >= 0.6 is 0 Å². The first-order valence-electron chi connectivity index (χ1n) is 11.5. The van der Waals surface area contributed by atoms with Crippen LogP contribution in [-0.2, 0) is 19.1 Å². The summed E-state index contributed by atoms with van der Waals surface area (Å²) in [6.07, 6.45) is 9.85. The van der Waals surface area contributed by atoms with Gasteiger partial charge >= 0.3 is 12.1 Å². The van der Waals surface area contributed by atoms with Gasteiger partial charge in [-0.15, -0.1) is 0 Å². The second kappa shape index (κ2) is 17.1. The summed E-state index contributed by atoms with van der Waals surface area (Å²) in [4.78, 5) is 38.9. The van der Waals surface area contributed by atoms with Gasteiger partial charge in [0.1, 0.15) is 18.2 Å². The number of carbonyl (C=O) groups excluding carboxylic acids is 3. The molecule has 0 heterocycles. The van der Waals surface area contributed by atoms with E-state index in [1.54, 1.807) is 20.8 Å². The average Bonchev–Trinajstić information content (AvgIpc) is 2.72. The van der Waals surface area contributed by atoms with Crippen LogP contribution in [0, 0.1) is 0 Å². The molecule has 32 heavy (non-hydrogen) atoms. The van der Waals surface area contributed by atoms with Crippen LogP contribution in [0.1, 0.15) is 91.9 Å². The van der Waals surface area contributed by atoms with Gasteiger partial charge in [-0.05, 0) is 32.7 Å². The standard InChI is InChI=1S/C22H41N5O5/c1-6-7-8-9-10-11-12-13-14-15-17(25-21(30)32-22(2,3)4)19(26-27-23)20(29)24-16-18(28)31-5/h17,19H,6-16H2,1-5H3,(H,24,29)(H,25,30)/t17-,19-/m0/s1. The van der Waals surface area contributed by atoms with Crippen molar-refractivity contribution in [2.45, 2.75) is 110 Å². The van der Waals surface area contributed by atoms with Crippen LogP contribution < -0.4 is 10.6 Å². The topological polar surface area (TPSA) is 142 Å². The van der Waals surface area contributed by atoms with Crippen LogP contribution in [0.3, 0.4) is 0 Å². The number of ether oxygens (including phenoxy) is 2. The highest BCUT2D eigenvalue weighted by molar-refractivity contribution is 5.86. The fourth-order valence-corrected chi connectivity index (χ4v) is 3.15. The molecule has 0 radical (unpaired) electrons. The van der Waals surface area contributed by atoms with Crippen molar-refractivity contribution in [1.82, 2.24) is 10.6 Å². The Labute approximate surface area is 191 Å². The van der Waals surface area contributed by atoms with Crippen LogP contribution in [0.15, 0.2) is 5.11 Å². The number of esters is 1. The number of azide groups is 1. The molecule has 0 fully saturated rings. The maximum absolute atomic E-state index is 12.5. The van der Waals surface area contributed by atoms with E-state index in [-0.39, 0.29) is 6.54 Å². The summed E-state index contributed by atoms with van der Waals surface area (Å²) < 4.78 is 9.80. The van der Waals surface area contributed by atoms with Crippen molar-refractivity contribution in [3.05, 3.63) is 10.4 Å². The highest BCUT2D eigenvalue weighted by atomic mass is 16.6. The van der Waals surface area contributed by atoms with Gasteiger partial charge in [0.2, 0.25) is 5.91 Å². The monoisotopic (exact) mass is 455 g/mol. The molecule has 0 saturated carbocycles. The number of carbonyl (C=O) groups is 3. The molecular weight excluding hydrogens is 414 g/mol. The summed E-state index contributed by atoms with van der Waals surface area (Å²) in [5.74, 6) is -1.29. The first-order valence-corrected chi connectivity index (χ1v) is 11.5. The molecule has 2 N–H and O–H groups in total. The molecule has 2 amide bonds. The average molecular weight is 456 g/mol.